The highest BCUT2D eigenvalue weighted by molar-refractivity contribution is 6.06. The molecule has 1 fully saturated rings. The van der Waals surface area contributed by atoms with Crippen LogP contribution < -0.4 is 4.90 Å². The maximum atomic E-state index is 6.18. The summed E-state index contributed by atoms with van der Waals surface area (Å²) in [5, 5.41) is 4.76. The Labute approximate surface area is 253 Å². The van der Waals surface area contributed by atoms with E-state index in [1.807, 2.05) is 12.1 Å². The molecule has 0 unspecified atom stereocenters. The minimum atomic E-state index is 0.0681. The fourth-order valence-corrected chi connectivity index (χ4v) is 7.38. The van der Waals surface area contributed by atoms with Crippen LogP contribution in [0.2, 0.25) is 0 Å². The van der Waals surface area contributed by atoms with E-state index in [0.717, 1.165) is 39.0 Å². The quantitative estimate of drug-likeness (QED) is 0.196. The van der Waals surface area contributed by atoms with Crippen molar-refractivity contribution in [3.63, 3.8) is 0 Å². The molecule has 0 atom stereocenters. The first-order chi connectivity index (χ1) is 21.3. The van der Waals surface area contributed by atoms with Crippen LogP contribution in [0.15, 0.2) is 144 Å². The Morgan fingerprint density at radius 3 is 1.86 bits per heavy atom. The second kappa shape index (κ2) is 10.8. The highest BCUT2D eigenvalue weighted by atomic mass is 16.3. The smallest absolute Gasteiger partial charge is 0.135 e. The van der Waals surface area contributed by atoms with Crippen LogP contribution in [-0.2, 0) is 5.41 Å². The molecule has 0 radical (unpaired) electrons. The molecule has 2 heteroatoms. The van der Waals surface area contributed by atoms with Crippen molar-refractivity contribution in [2.75, 3.05) is 4.90 Å². The minimum absolute atomic E-state index is 0.0681. The molecule has 2 nitrogen and oxygen atoms in total. The number of furan rings is 1. The molecule has 0 saturated heterocycles. The van der Waals surface area contributed by atoms with Gasteiger partial charge in [0, 0.05) is 33.2 Å². The molecular formula is C41H35NO. The van der Waals surface area contributed by atoms with E-state index in [1.165, 1.54) is 60.4 Å². The van der Waals surface area contributed by atoms with Crippen LogP contribution in [0, 0.1) is 0 Å². The van der Waals surface area contributed by atoms with Crippen LogP contribution in [0.1, 0.15) is 49.7 Å². The predicted molar refractivity (Wildman–Crippen MR) is 181 cm³/mol. The first kappa shape index (κ1) is 25.9. The normalized spacial score (nSPS) is 15.1. The first-order valence-corrected chi connectivity index (χ1v) is 15.6. The zero-order chi connectivity index (χ0) is 28.6. The largest absolute Gasteiger partial charge is 0.456 e. The van der Waals surface area contributed by atoms with Gasteiger partial charge in [-0.25, -0.2) is 0 Å². The monoisotopic (exact) mass is 557 g/mol. The van der Waals surface area contributed by atoms with Crippen molar-refractivity contribution < 1.29 is 4.42 Å². The fraction of sp³-hybridized carbons (Fsp3) is 0.171. The van der Waals surface area contributed by atoms with E-state index in [4.69, 9.17) is 4.42 Å². The number of fused-ring (bicyclic) bond motifs is 4. The molecule has 210 valence electrons. The van der Waals surface area contributed by atoms with Crippen molar-refractivity contribution in [1.82, 2.24) is 0 Å². The second-order valence-electron chi connectivity index (χ2n) is 12.1. The molecule has 8 rings (SSSR count). The molecular weight excluding hydrogens is 522 g/mol. The van der Waals surface area contributed by atoms with E-state index in [0.29, 0.717) is 0 Å². The van der Waals surface area contributed by atoms with Crippen molar-refractivity contribution in [3.05, 3.63) is 151 Å². The third kappa shape index (κ3) is 4.58. The first-order valence-electron chi connectivity index (χ1n) is 15.6. The maximum absolute atomic E-state index is 6.18. The number of anilines is 3. The van der Waals surface area contributed by atoms with E-state index in [-0.39, 0.29) is 5.41 Å². The Hall–Kier alpha value is -4.82. The molecule has 1 aromatic heterocycles. The van der Waals surface area contributed by atoms with Gasteiger partial charge in [-0.3, -0.25) is 0 Å². The molecule has 1 heterocycles. The van der Waals surface area contributed by atoms with Gasteiger partial charge < -0.3 is 9.32 Å². The Kier molecular flexibility index (Phi) is 6.48. The van der Waals surface area contributed by atoms with Gasteiger partial charge in [0.2, 0.25) is 0 Å². The number of benzene rings is 6. The number of nitrogens with zero attached hydrogens (tertiary/aromatic N) is 1. The number of rotatable bonds is 5. The van der Waals surface area contributed by atoms with Gasteiger partial charge in [-0.15, -0.1) is 0 Å². The highest BCUT2D eigenvalue weighted by Crippen LogP contribution is 2.45. The van der Waals surface area contributed by atoms with Crippen molar-refractivity contribution in [3.8, 4) is 0 Å². The summed E-state index contributed by atoms with van der Waals surface area (Å²) < 4.78 is 6.18. The average molecular weight is 558 g/mol. The number of para-hydroxylation sites is 1. The lowest BCUT2D eigenvalue weighted by Gasteiger charge is -2.35. The van der Waals surface area contributed by atoms with Crippen LogP contribution in [0.25, 0.3) is 32.7 Å². The van der Waals surface area contributed by atoms with Gasteiger partial charge >= 0.3 is 0 Å². The summed E-state index contributed by atoms with van der Waals surface area (Å²) in [6, 6.07) is 50.9. The molecule has 1 aliphatic carbocycles. The zero-order valence-corrected chi connectivity index (χ0v) is 24.4. The Morgan fingerprint density at radius 2 is 1.05 bits per heavy atom. The number of hydrogen-bond acceptors (Lipinski definition) is 2. The molecule has 0 spiro atoms. The summed E-state index contributed by atoms with van der Waals surface area (Å²) in [6.45, 7) is 0. The minimum Gasteiger partial charge on any atom is -0.456 e. The van der Waals surface area contributed by atoms with Crippen molar-refractivity contribution in [2.24, 2.45) is 0 Å². The molecule has 0 amide bonds. The molecule has 1 saturated carbocycles. The standard InChI is InChI=1S/C41H35NO/c1-2-11-27-41(26-10-1,32-14-4-3-5-15-32)33-19-22-34(23-20-33)42(35-21-18-30-12-6-7-13-31(30)28-35)36-24-25-40-38(29-36)37-16-8-9-17-39(37)43-40/h3-9,12-25,28-29H,1-2,10-11,26-27H2. The average Bonchev–Trinajstić information content (AvgIpc) is 3.25. The topological polar surface area (TPSA) is 16.4 Å². The molecule has 0 N–H and O–H groups in total. The number of hydrogen-bond donors (Lipinski definition) is 0. The van der Waals surface area contributed by atoms with Gasteiger partial charge in [-0.1, -0.05) is 117 Å². The summed E-state index contributed by atoms with van der Waals surface area (Å²) in [4.78, 5) is 2.39. The third-order valence-electron chi connectivity index (χ3n) is 9.57. The summed E-state index contributed by atoms with van der Waals surface area (Å²) in [7, 11) is 0. The SMILES string of the molecule is c1ccc(C2(c3ccc(N(c4ccc5ccccc5c4)c4ccc5oc6ccccc6c5c4)cc3)CCCCCC2)cc1. The molecule has 6 aromatic carbocycles. The summed E-state index contributed by atoms with van der Waals surface area (Å²) in [5.74, 6) is 0. The Bertz CT molecular complexity index is 2030. The van der Waals surface area contributed by atoms with Crippen molar-refractivity contribution >= 4 is 49.8 Å². The van der Waals surface area contributed by atoms with Crippen LogP contribution >= 0.6 is 0 Å². The summed E-state index contributed by atoms with van der Waals surface area (Å²) >= 11 is 0. The fourth-order valence-electron chi connectivity index (χ4n) is 7.38. The molecule has 0 aliphatic heterocycles. The lowest BCUT2D eigenvalue weighted by atomic mass is 9.69. The Balaban J connectivity index is 1.28. The third-order valence-corrected chi connectivity index (χ3v) is 9.57. The molecule has 1 aliphatic rings. The van der Waals surface area contributed by atoms with Gasteiger partial charge in [0.15, 0.2) is 0 Å². The van der Waals surface area contributed by atoms with Crippen LogP contribution in [0.5, 0.6) is 0 Å². The second-order valence-corrected chi connectivity index (χ2v) is 12.1. The summed E-state index contributed by atoms with van der Waals surface area (Å²) in [5.41, 5.74) is 8.21. The molecule has 7 aromatic rings. The van der Waals surface area contributed by atoms with Gasteiger partial charge in [-0.2, -0.15) is 0 Å². The molecule has 43 heavy (non-hydrogen) atoms. The van der Waals surface area contributed by atoms with E-state index in [1.54, 1.807) is 0 Å². The lowest BCUT2D eigenvalue weighted by Crippen LogP contribution is -2.27. The van der Waals surface area contributed by atoms with E-state index in [9.17, 15) is 0 Å². The highest BCUT2D eigenvalue weighted by Gasteiger charge is 2.34. The van der Waals surface area contributed by atoms with Crippen LogP contribution in [0.3, 0.4) is 0 Å². The van der Waals surface area contributed by atoms with Gasteiger partial charge in [0.05, 0.1) is 0 Å². The van der Waals surface area contributed by atoms with Gasteiger partial charge in [0.1, 0.15) is 11.2 Å². The Morgan fingerprint density at radius 1 is 0.442 bits per heavy atom. The van der Waals surface area contributed by atoms with Crippen molar-refractivity contribution in [1.29, 1.82) is 0 Å². The van der Waals surface area contributed by atoms with E-state index >= 15 is 0 Å². The van der Waals surface area contributed by atoms with Crippen molar-refractivity contribution in [2.45, 2.75) is 43.9 Å². The van der Waals surface area contributed by atoms with Gasteiger partial charge in [-0.05, 0) is 83.3 Å². The zero-order valence-electron chi connectivity index (χ0n) is 24.4. The van der Waals surface area contributed by atoms with Crippen LogP contribution in [0.4, 0.5) is 17.1 Å². The van der Waals surface area contributed by atoms with Crippen LogP contribution in [-0.4, -0.2) is 0 Å². The van der Waals surface area contributed by atoms with E-state index in [2.05, 4.69) is 132 Å². The predicted octanol–water partition coefficient (Wildman–Crippen LogP) is 11.8. The summed E-state index contributed by atoms with van der Waals surface area (Å²) in [6.07, 6.45) is 7.61. The van der Waals surface area contributed by atoms with E-state index < -0.39 is 0 Å². The van der Waals surface area contributed by atoms with Gasteiger partial charge in [0.25, 0.3) is 0 Å². The lowest BCUT2D eigenvalue weighted by molar-refractivity contribution is 0.446. The molecule has 0 bridgehead atoms. The maximum Gasteiger partial charge on any atom is 0.135 e.